The molecule has 32 heavy (non-hydrogen) atoms. The monoisotopic (exact) mass is 446 g/mol. The van der Waals surface area contributed by atoms with Gasteiger partial charge in [0.15, 0.2) is 5.78 Å². The molecule has 4 heterocycles. The van der Waals surface area contributed by atoms with Crippen molar-refractivity contribution in [3.63, 3.8) is 0 Å². The number of Topliss-reactive ketones (excluding diaryl/α,β-unsaturated/α-hetero) is 1. The maximum Gasteiger partial charge on any atom is 0.270 e. The predicted octanol–water partition coefficient (Wildman–Crippen LogP) is 3.88. The molecule has 1 fully saturated rings. The minimum atomic E-state index is -0.253. The van der Waals surface area contributed by atoms with Gasteiger partial charge < -0.3 is 9.88 Å². The first kappa shape index (κ1) is 20.4. The fraction of sp³-hybridized carbons (Fsp3) is 0.250. The van der Waals surface area contributed by atoms with Gasteiger partial charge in [0.05, 0.1) is 18.3 Å². The maximum atomic E-state index is 13.2. The summed E-state index contributed by atoms with van der Waals surface area (Å²) in [7, 11) is 0. The zero-order valence-electron chi connectivity index (χ0n) is 17.6. The smallest absolute Gasteiger partial charge is 0.270 e. The van der Waals surface area contributed by atoms with Gasteiger partial charge in [-0.3, -0.25) is 19.0 Å². The second-order valence-electron chi connectivity index (χ2n) is 8.10. The van der Waals surface area contributed by atoms with Gasteiger partial charge in [-0.05, 0) is 31.4 Å². The molecule has 1 amide bonds. The highest BCUT2D eigenvalue weighted by molar-refractivity contribution is 7.17. The van der Waals surface area contributed by atoms with Crippen molar-refractivity contribution in [2.45, 2.75) is 26.3 Å². The van der Waals surface area contributed by atoms with Gasteiger partial charge in [0.1, 0.15) is 10.5 Å². The number of aromatic nitrogens is 3. The van der Waals surface area contributed by atoms with E-state index in [1.54, 1.807) is 11.0 Å². The first-order valence-electron chi connectivity index (χ1n) is 10.6. The summed E-state index contributed by atoms with van der Waals surface area (Å²) in [4.78, 5) is 48.3. The number of thiophene rings is 1. The third-order valence-corrected chi connectivity index (χ3v) is 6.75. The van der Waals surface area contributed by atoms with Gasteiger partial charge in [0, 0.05) is 35.8 Å². The van der Waals surface area contributed by atoms with Gasteiger partial charge in [-0.25, -0.2) is 4.98 Å². The number of benzene rings is 1. The van der Waals surface area contributed by atoms with Crippen LogP contribution in [0.3, 0.4) is 0 Å². The normalized spacial score (nSPS) is 13.7. The third kappa shape index (κ3) is 3.67. The fourth-order valence-electron chi connectivity index (χ4n) is 4.04. The average molecular weight is 447 g/mol. The number of H-pyrrole nitrogens is 1. The van der Waals surface area contributed by atoms with Crippen LogP contribution in [0.2, 0.25) is 0 Å². The van der Waals surface area contributed by atoms with Crippen LogP contribution in [0.5, 0.6) is 0 Å². The van der Waals surface area contributed by atoms with Crippen molar-refractivity contribution in [2.24, 2.45) is 0 Å². The van der Waals surface area contributed by atoms with Gasteiger partial charge in [-0.2, -0.15) is 0 Å². The second kappa shape index (κ2) is 8.20. The van der Waals surface area contributed by atoms with E-state index in [9.17, 15) is 14.4 Å². The number of amides is 1. The summed E-state index contributed by atoms with van der Waals surface area (Å²) in [5, 5.41) is 2.45. The Morgan fingerprint density at radius 1 is 1.16 bits per heavy atom. The molecule has 1 N–H and O–H groups in total. The molecule has 3 aromatic heterocycles. The number of nitrogens with one attached hydrogen (secondary N) is 1. The first-order valence-corrected chi connectivity index (χ1v) is 11.4. The van der Waals surface area contributed by atoms with E-state index in [4.69, 9.17) is 0 Å². The fourth-order valence-corrected chi connectivity index (χ4v) is 4.95. The zero-order valence-corrected chi connectivity index (χ0v) is 18.4. The Morgan fingerprint density at radius 2 is 1.91 bits per heavy atom. The number of aromatic amines is 1. The largest absolute Gasteiger partial charge is 0.356 e. The molecule has 7 nitrogen and oxygen atoms in total. The molecule has 1 saturated heterocycles. The number of nitrogens with zero attached hydrogens (tertiary/aromatic N) is 3. The molecule has 1 aliphatic rings. The molecular formula is C24H22N4O3S. The van der Waals surface area contributed by atoms with Crippen LogP contribution in [-0.2, 0) is 6.54 Å². The molecule has 4 aromatic rings. The van der Waals surface area contributed by atoms with Crippen LogP contribution in [0.15, 0.2) is 53.0 Å². The van der Waals surface area contributed by atoms with Gasteiger partial charge >= 0.3 is 0 Å². The number of ketones is 1. The van der Waals surface area contributed by atoms with Crippen molar-refractivity contribution in [3.05, 3.63) is 75.4 Å². The van der Waals surface area contributed by atoms with E-state index in [0.29, 0.717) is 21.5 Å². The molecule has 0 saturated carbocycles. The van der Waals surface area contributed by atoms with Crippen LogP contribution < -0.4 is 5.56 Å². The summed E-state index contributed by atoms with van der Waals surface area (Å²) >= 11 is 1.41. The maximum absolute atomic E-state index is 13.2. The zero-order chi connectivity index (χ0) is 22.2. The molecule has 0 aliphatic carbocycles. The number of fused-ring (bicyclic) bond motifs is 1. The number of hydrogen-bond donors (Lipinski definition) is 1. The minimum absolute atomic E-state index is 0.0946. The Hall–Kier alpha value is -3.52. The van der Waals surface area contributed by atoms with Crippen LogP contribution in [0.25, 0.3) is 21.3 Å². The highest BCUT2D eigenvalue weighted by Crippen LogP contribution is 2.30. The second-order valence-corrected chi connectivity index (χ2v) is 8.96. The van der Waals surface area contributed by atoms with Gasteiger partial charge in [0.25, 0.3) is 11.5 Å². The van der Waals surface area contributed by atoms with Gasteiger partial charge in [0.2, 0.25) is 0 Å². The predicted molar refractivity (Wildman–Crippen MR) is 124 cm³/mol. The van der Waals surface area contributed by atoms with Gasteiger partial charge in [-0.1, -0.05) is 29.8 Å². The summed E-state index contributed by atoms with van der Waals surface area (Å²) in [6.07, 6.45) is 4.96. The van der Waals surface area contributed by atoms with Crippen molar-refractivity contribution in [1.82, 2.24) is 19.4 Å². The number of likely N-dealkylation sites (tertiary alicyclic amines) is 1. The number of carbonyl (C=O) groups excluding carboxylic acids is 2. The van der Waals surface area contributed by atoms with Crippen LogP contribution in [0, 0.1) is 6.92 Å². The number of aryl methyl sites for hydroxylation is 1. The Morgan fingerprint density at radius 3 is 2.66 bits per heavy atom. The molecule has 0 bridgehead atoms. The van der Waals surface area contributed by atoms with Gasteiger partial charge in [-0.15, -0.1) is 11.3 Å². The summed E-state index contributed by atoms with van der Waals surface area (Å²) in [6, 6.07) is 9.55. The molecule has 8 heteroatoms. The van der Waals surface area contributed by atoms with E-state index in [2.05, 4.69) is 9.97 Å². The van der Waals surface area contributed by atoms with Crippen molar-refractivity contribution >= 4 is 33.2 Å². The topological polar surface area (TPSA) is 88.1 Å². The Bertz CT molecular complexity index is 1370. The standard InChI is InChI=1S/C24H22N4O3S/c1-15-4-6-16(7-5-15)18-13-32-22-21(18)24(31)28(14-26-22)12-20(29)17-10-19(25-11-17)23(30)27-8-2-3-9-27/h4-7,10-11,13-14,25H,2-3,8-9,12H2,1H3. The highest BCUT2D eigenvalue weighted by Gasteiger charge is 2.22. The van der Waals surface area contributed by atoms with E-state index < -0.39 is 0 Å². The molecule has 0 spiro atoms. The lowest BCUT2D eigenvalue weighted by molar-refractivity contribution is 0.0787. The summed E-state index contributed by atoms with van der Waals surface area (Å²) in [6.45, 7) is 3.36. The van der Waals surface area contributed by atoms with E-state index in [1.807, 2.05) is 36.6 Å². The number of rotatable bonds is 5. The lowest BCUT2D eigenvalue weighted by atomic mass is 10.1. The van der Waals surface area contributed by atoms with E-state index >= 15 is 0 Å². The number of hydrogen-bond acceptors (Lipinski definition) is 5. The summed E-state index contributed by atoms with van der Waals surface area (Å²) < 4.78 is 1.34. The lowest BCUT2D eigenvalue weighted by Crippen LogP contribution is -2.27. The number of carbonyl (C=O) groups is 2. The molecule has 1 aliphatic heterocycles. The van der Waals surface area contributed by atoms with Crippen LogP contribution >= 0.6 is 11.3 Å². The SMILES string of the molecule is Cc1ccc(-c2csc3ncn(CC(=O)c4c[nH]c(C(=O)N5CCCC5)c4)c(=O)c23)cc1. The van der Waals surface area contributed by atoms with E-state index in [1.165, 1.54) is 28.4 Å². The molecule has 0 atom stereocenters. The minimum Gasteiger partial charge on any atom is -0.356 e. The van der Waals surface area contributed by atoms with Crippen molar-refractivity contribution < 1.29 is 9.59 Å². The molecule has 1 aromatic carbocycles. The van der Waals surface area contributed by atoms with Crippen LogP contribution in [0.1, 0.15) is 39.3 Å². The Kier molecular flexibility index (Phi) is 5.22. The van der Waals surface area contributed by atoms with Crippen molar-refractivity contribution in [2.75, 3.05) is 13.1 Å². The summed E-state index contributed by atoms with van der Waals surface area (Å²) in [5.41, 5.74) is 3.44. The molecule has 162 valence electrons. The summed E-state index contributed by atoms with van der Waals surface area (Å²) in [5.74, 6) is -0.347. The Balaban J connectivity index is 1.42. The quantitative estimate of drug-likeness (QED) is 0.471. The van der Waals surface area contributed by atoms with Crippen molar-refractivity contribution in [3.8, 4) is 11.1 Å². The molecule has 0 radical (unpaired) electrons. The Labute approximate surface area is 188 Å². The third-order valence-electron chi connectivity index (χ3n) is 5.87. The van der Waals surface area contributed by atoms with E-state index in [0.717, 1.165) is 42.6 Å². The highest BCUT2D eigenvalue weighted by atomic mass is 32.1. The average Bonchev–Trinajstić information content (AvgIpc) is 3.56. The van der Waals surface area contributed by atoms with Crippen molar-refractivity contribution in [1.29, 1.82) is 0 Å². The van der Waals surface area contributed by atoms with E-state index in [-0.39, 0.29) is 23.8 Å². The van der Waals surface area contributed by atoms with Crippen LogP contribution in [0.4, 0.5) is 0 Å². The molecule has 0 unspecified atom stereocenters. The molecule has 5 rings (SSSR count). The first-order chi connectivity index (χ1) is 15.5. The molecular weight excluding hydrogens is 424 g/mol. The van der Waals surface area contributed by atoms with Crippen LogP contribution in [-0.4, -0.2) is 44.2 Å². The lowest BCUT2D eigenvalue weighted by Gasteiger charge is -2.13.